The summed E-state index contributed by atoms with van der Waals surface area (Å²) in [6.07, 6.45) is 0. The van der Waals surface area contributed by atoms with Crippen LogP contribution in [0.2, 0.25) is 0 Å². The summed E-state index contributed by atoms with van der Waals surface area (Å²) >= 11 is 0. The highest BCUT2D eigenvalue weighted by Gasteiger charge is 2.23. The van der Waals surface area contributed by atoms with Gasteiger partial charge in [-0.1, -0.05) is 188 Å². The third-order valence-electron chi connectivity index (χ3n) is 13.7. The maximum atomic E-state index is 5.20. The van der Waals surface area contributed by atoms with E-state index in [1.807, 2.05) is 36.4 Å². The van der Waals surface area contributed by atoms with Crippen LogP contribution < -0.4 is 0 Å². The van der Waals surface area contributed by atoms with Crippen LogP contribution in [0, 0.1) is 0 Å². The van der Waals surface area contributed by atoms with Gasteiger partial charge in [-0.2, -0.15) is 9.97 Å². The molecular weight excluding hydrogens is 827 g/mol. The van der Waals surface area contributed by atoms with E-state index in [9.17, 15) is 0 Å². The molecule has 14 rings (SSSR count). The van der Waals surface area contributed by atoms with Gasteiger partial charge in [0.2, 0.25) is 5.95 Å². The van der Waals surface area contributed by atoms with Gasteiger partial charge in [0.25, 0.3) is 0 Å². The zero-order valence-electron chi connectivity index (χ0n) is 36.8. The highest BCUT2D eigenvalue weighted by Crippen LogP contribution is 2.43. The smallest absolute Gasteiger partial charge is 0.238 e. The molecule has 0 saturated heterocycles. The Kier molecular flexibility index (Phi) is 8.52. The van der Waals surface area contributed by atoms with Gasteiger partial charge in [0.15, 0.2) is 11.6 Å². The fourth-order valence-electron chi connectivity index (χ4n) is 10.7. The molecule has 5 nitrogen and oxygen atoms in total. The molecule has 3 aromatic heterocycles. The molecule has 0 bridgehead atoms. The molecule has 11 aromatic carbocycles. The van der Waals surface area contributed by atoms with Gasteiger partial charge >= 0.3 is 0 Å². The molecule has 0 amide bonds. The first-order valence-electron chi connectivity index (χ1n) is 23.1. The van der Waals surface area contributed by atoms with Crippen molar-refractivity contribution < 1.29 is 0 Å². The van der Waals surface area contributed by atoms with E-state index in [2.05, 4.69) is 209 Å². The summed E-state index contributed by atoms with van der Waals surface area (Å²) in [6.45, 7) is 0. The van der Waals surface area contributed by atoms with Crippen molar-refractivity contribution in [3.63, 3.8) is 0 Å². The van der Waals surface area contributed by atoms with Crippen LogP contribution in [0.15, 0.2) is 237 Å². The van der Waals surface area contributed by atoms with Crippen molar-refractivity contribution in [2.24, 2.45) is 0 Å². The van der Waals surface area contributed by atoms with E-state index in [-0.39, 0.29) is 0 Å². The first-order valence-corrected chi connectivity index (χ1v) is 23.1. The Morgan fingerprint density at radius 3 is 1.22 bits per heavy atom. The fraction of sp³-hybridized carbons (Fsp3) is 0. The lowest BCUT2D eigenvalue weighted by molar-refractivity contribution is 0.953. The average Bonchev–Trinajstić information content (AvgIpc) is 3.94. The molecule has 0 aliphatic carbocycles. The molecule has 0 aliphatic rings. The number of fused-ring (bicyclic) bond motifs is 13. The molecule has 0 atom stereocenters. The molecule has 5 heteroatoms. The largest absolute Gasteiger partial charge is 0.309 e. The molecule has 0 radical (unpaired) electrons. The van der Waals surface area contributed by atoms with Crippen molar-refractivity contribution in [1.82, 2.24) is 24.1 Å². The quantitative estimate of drug-likeness (QED) is 0.156. The third-order valence-corrected chi connectivity index (χ3v) is 13.7. The predicted molar refractivity (Wildman–Crippen MR) is 283 cm³/mol. The zero-order chi connectivity index (χ0) is 44.7. The highest BCUT2D eigenvalue weighted by molar-refractivity contribution is 6.29. The van der Waals surface area contributed by atoms with Crippen molar-refractivity contribution in [2.45, 2.75) is 0 Å². The van der Waals surface area contributed by atoms with E-state index in [1.165, 1.54) is 59.8 Å². The van der Waals surface area contributed by atoms with Crippen LogP contribution in [0.4, 0.5) is 0 Å². The number of hydrogen-bond donors (Lipinski definition) is 0. The Balaban J connectivity index is 0.930. The number of benzene rings is 11. The van der Waals surface area contributed by atoms with Crippen LogP contribution in [0.3, 0.4) is 0 Å². The molecule has 14 aromatic rings. The Morgan fingerprint density at radius 2 is 0.647 bits per heavy atom. The lowest BCUT2D eigenvalue weighted by atomic mass is 9.91. The van der Waals surface area contributed by atoms with E-state index in [0.29, 0.717) is 17.6 Å². The summed E-state index contributed by atoms with van der Waals surface area (Å²) in [6, 6.07) is 84.7. The summed E-state index contributed by atoms with van der Waals surface area (Å²) in [5.41, 5.74) is 12.0. The van der Waals surface area contributed by atoms with Crippen LogP contribution in [0.5, 0.6) is 0 Å². The van der Waals surface area contributed by atoms with Crippen LogP contribution in [-0.4, -0.2) is 24.1 Å². The van der Waals surface area contributed by atoms with E-state index in [1.54, 1.807) is 0 Å². The monoisotopic (exact) mass is 865 g/mol. The summed E-state index contributed by atoms with van der Waals surface area (Å²) in [4.78, 5) is 15.4. The first-order chi connectivity index (χ1) is 33.7. The number of hydrogen-bond acceptors (Lipinski definition) is 3. The summed E-state index contributed by atoms with van der Waals surface area (Å²) < 4.78 is 4.64. The molecule has 0 spiro atoms. The minimum atomic E-state index is 0.576. The van der Waals surface area contributed by atoms with E-state index in [0.717, 1.165) is 55.2 Å². The number of aromatic nitrogens is 5. The predicted octanol–water partition coefficient (Wildman–Crippen LogP) is 16.2. The Morgan fingerprint density at radius 1 is 0.235 bits per heavy atom. The van der Waals surface area contributed by atoms with Crippen LogP contribution in [0.1, 0.15) is 0 Å². The standard InChI is InChI=1S/C63H39N5/c1-3-17-40(18-4-1)61-64-62(41-19-5-2-6-20-41)66-63(65-61)68-56-32-14-12-30-53(56)60-58(68)36-35-57-59(60)52-29-11-13-31-55(52)67(57)46-24-16-23-44(38-46)42-21-15-22-43(37-42)45-33-34-51-49-27-8-7-25-47(49)48-26-9-10-28-50(48)54(51)39-45/h1-39H. The first kappa shape index (κ1) is 38.1. The van der Waals surface area contributed by atoms with E-state index in [4.69, 9.17) is 15.0 Å². The second-order valence-electron chi connectivity index (χ2n) is 17.6. The second kappa shape index (κ2) is 15.2. The molecule has 0 aliphatic heterocycles. The van der Waals surface area contributed by atoms with Crippen molar-refractivity contribution in [1.29, 1.82) is 0 Å². The average molecular weight is 866 g/mol. The fourth-order valence-corrected chi connectivity index (χ4v) is 10.7. The minimum Gasteiger partial charge on any atom is -0.309 e. The van der Waals surface area contributed by atoms with Gasteiger partial charge in [0.05, 0.1) is 22.1 Å². The molecule has 0 N–H and O–H groups in total. The highest BCUT2D eigenvalue weighted by atomic mass is 15.2. The summed E-state index contributed by atoms with van der Waals surface area (Å²) in [7, 11) is 0. The molecule has 316 valence electrons. The maximum absolute atomic E-state index is 5.20. The Labute approximate surface area is 391 Å². The Bertz CT molecular complexity index is 4230. The molecule has 0 saturated carbocycles. The van der Waals surface area contributed by atoms with Crippen LogP contribution in [-0.2, 0) is 0 Å². The van der Waals surface area contributed by atoms with Gasteiger partial charge in [0.1, 0.15) is 0 Å². The van der Waals surface area contributed by atoms with Crippen molar-refractivity contribution in [3.8, 4) is 56.7 Å². The normalized spacial score (nSPS) is 11.8. The molecule has 3 heterocycles. The molecule has 0 unspecified atom stereocenters. The topological polar surface area (TPSA) is 48.5 Å². The number of para-hydroxylation sites is 2. The van der Waals surface area contributed by atoms with Crippen LogP contribution >= 0.6 is 0 Å². The SMILES string of the molecule is c1ccc(-c2nc(-c3ccccc3)nc(-n3c4ccccc4c4c5c6ccccc6n(-c6cccc(-c7cccc(-c8ccc9c%10ccccc%10c%10ccccc%10c9c8)c7)c6)c5ccc43)n2)cc1. The van der Waals surface area contributed by atoms with Crippen molar-refractivity contribution in [2.75, 3.05) is 0 Å². The Hall–Kier alpha value is -9.19. The van der Waals surface area contributed by atoms with Gasteiger partial charge in [0, 0.05) is 38.4 Å². The summed E-state index contributed by atoms with van der Waals surface area (Å²) in [5.74, 6) is 1.83. The molecule has 68 heavy (non-hydrogen) atoms. The van der Waals surface area contributed by atoms with Crippen LogP contribution in [0.25, 0.3) is 133 Å². The maximum Gasteiger partial charge on any atom is 0.238 e. The molecular formula is C63H39N5. The second-order valence-corrected chi connectivity index (χ2v) is 17.6. The molecule has 0 fully saturated rings. The minimum absolute atomic E-state index is 0.576. The van der Waals surface area contributed by atoms with Gasteiger partial charge in [-0.25, -0.2) is 4.98 Å². The summed E-state index contributed by atoms with van der Waals surface area (Å²) in [5, 5.41) is 12.4. The van der Waals surface area contributed by atoms with Crippen molar-refractivity contribution >= 4 is 75.9 Å². The lowest BCUT2D eigenvalue weighted by Gasteiger charge is -2.13. The van der Waals surface area contributed by atoms with Gasteiger partial charge < -0.3 is 4.57 Å². The lowest BCUT2D eigenvalue weighted by Crippen LogP contribution is -2.06. The van der Waals surface area contributed by atoms with Gasteiger partial charge in [-0.3, -0.25) is 4.57 Å². The number of nitrogens with zero attached hydrogens (tertiary/aromatic N) is 5. The van der Waals surface area contributed by atoms with E-state index >= 15 is 0 Å². The zero-order valence-corrected chi connectivity index (χ0v) is 36.8. The van der Waals surface area contributed by atoms with Gasteiger partial charge in [-0.05, 0) is 103 Å². The van der Waals surface area contributed by atoms with Gasteiger partial charge in [-0.15, -0.1) is 0 Å². The third kappa shape index (κ3) is 5.93. The van der Waals surface area contributed by atoms with E-state index < -0.39 is 0 Å². The van der Waals surface area contributed by atoms with Crippen molar-refractivity contribution in [3.05, 3.63) is 237 Å². The number of rotatable bonds is 6.